The molecule has 0 fully saturated rings. The van der Waals surface area contributed by atoms with Crippen LogP contribution in [-0.2, 0) is 6.42 Å². The van der Waals surface area contributed by atoms with Gasteiger partial charge in [-0.05, 0) is 18.1 Å². The number of hydrogen-bond acceptors (Lipinski definition) is 1. The highest BCUT2D eigenvalue weighted by molar-refractivity contribution is 5.56. The average molecular weight is 157 g/mol. The zero-order chi connectivity index (χ0) is 8.39. The zero-order valence-corrected chi connectivity index (χ0v) is 6.88. The Balaban J connectivity index is 2.18. The van der Waals surface area contributed by atoms with Crippen molar-refractivity contribution < 1.29 is 0 Å². The van der Waals surface area contributed by atoms with E-state index in [0.717, 1.165) is 12.8 Å². The number of rotatable bonds is 1. The third-order valence-corrected chi connectivity index (χ3v) is 2.21. The number of terminal acetylenes is 1. The number of hydrogen-bond donors (Lipinski definition) is 1. The Morgan fingerprint density at radius 1 is 1.50 bits per heavy atom. The van der Waals surface area contributed by atoms with E-state index in [1.807, 2.05) is 6.07 Å². The standard InChI is InChI=1S/C11H11N/c1-2-5-10-8-9-6-3-4-7-11(9)12-10/h1,3-4,6-7,10,12H,5,8H2. The Hall–Kier alpha value is -1.42. The number of para-hydroxylation sites is 1. The fraction of sp³-hybridized carbons (Fsp3) is 0.273. The molecular formula is C11H11N. The molecule has 1 nitrogen and oxygen atoms in total. The molecule has 1 aromatic rings. The molecule has 1 N–H and O–H groups in total. The molecule has 0 amide bonds. The SMILES string of the molecule is C#CCC1Cc2ccccc2N1. The van der Waals surface area contributed by atoms with Gasteiger partial charge in [0.15, 0.2) is 0 Å². The maximum absolute atomic E-state index is 5.25. The van der Waals surface area contributed by atoms with Crippen LogP contribution in [0.25, 0.3) is 0 Å². The van der Waals surface area contributed by atoms with Crippen molar-refractivity contribution in [3.8, 4) is 12.3 Å². The van der Waals surface area contributed by atoms with E-state index in [1.54, 1.807) is 0 Å². The van der Waals surface area contributed by atoms with Crippen LogP contribution < -0.4 is 5.32 Å². The number of benzene rings is 1. The summed E-state index contributed by atoms with van der Waals surface area (Å²) in [6.45, 7) is 0. The van der Waals surface area contributed by atoms with E-state index in [9.17, 15) is 0 Å². The molecule has 1 heterocycles. The van der Waals surface area contributed by atoms with Crippen LogP contribution in [0.3, 0.4) is 0 Å². The van der Waals surface area contributed by atoms with Gasteiger partial charge in [-0.25, -0.2) is 0 Å². The Morgan fingerprint density at radius 2 is 2.33 bits per heavy atom. The fourth-order valence-electron chi connectivity index (χ4n) is 1.64. The Bertz CT molecular complexity index is 297. The summed E-state index contributed by atoms with van der Waals surface area (Å²) >= 11 is 0. The second kappa shape index (κ2) is 2.91. The molecule has 0 spiro atoms. The van der Waals surface area contributed by atoms with Crippen molar-refractivity contribution in [3.05, 3.63) is 29.8 Å². The number of fused-ring (bicyclic) bond motifs is 1. The highest BCUT2D eigenvalue weighted by Gasteiger charge is 2.18. The Labute approximate surface area is 72.8 Å². The van der Waals surface area contributed by atoms with Gasteiger partial charge in [-0.15, -0.1) is 12.3 Å². The van der Waals surface area contributed by atoms with Gasteiger partial charge in [0.2, 0.25) is 0 Å². The lowest BCUT2D eigenvalue weighted by Crippen LogP contribution is -2.13. The first-order valence-corrected chi connectivity index (χ1v) is 4.18. The predicted molar refractivity (Wildman–Crippen MR) is 51.0 cm³/mol. The molecule has 0 aliphatic carbocycles. The lowest BCUT2D eigenvalue weighted by atomic mass is 10.1. The Kier molecular flexibility index (Phi) is 1.75. The van der Waals surface area contributed by atoms with Crippen molar-refractivity contribution in [2.24, 2.45) is 0 Å². The van der Waals surface area contributed by atoms with Crippen molar-refractivity contribution in [1.82, 2.24) is 0 Å². The normalized spacial score (nSPS) is 19.4. The molecule has 1 unspecified atom stereocenters. The lowest BCUT2D eigenvalue weighted by molar-refractivity contribution is 0.779. The van der Waals surface area contributed by atoms with Crippen LogP contribution in [0.1, 0.15) is 12.0 Å². The van der Waals surface area contributed by atoms with Crippen molar-refractivity contribution in [1.29, 1.82) is 0 Å². The Morgan fingerprint density at radius 3 is 3.08 bits per heavy atom. The van der Waals surface area contributed by atoms with E-state index in [1.165, 1.54) is 11.3 Å². The maximum atomic E-state index is 5.25. The first kappa shape index (κ1) is 7.24. The quantitative estimate of drug-likeness (QED) is 0.615. The van der Waals surface area contributed by atoms with E-state index in [4.69, 9.17) is 6.42 Å². The highest BCUT2D eigenvalue weighted by atomic mass is 14.9. The molecule has 0 radical (unpaired) electrons. The van der Waals surface area contributed by atoms with E-state index >= 15 is 0 Å². The first-order chi connectivity index (χ1) is 5.90. The smallest absolute Gasteiger partial charge is 0.0411 e. The van der Waals surface area contributed by atoms with Crippen LogP contribution >= 0.6 is 0 Å². The first-order valence-electron chi connectivity index (χ1n) is 4.18. The van der Waals surface area contributed by atoms with Gasteiger partial charge in [-0.3, -0.25) is 0 Å². The summed E-state index contributed by atoms with van der Waals surface area (Å²) in [4.78, 5) is 0. The van der Waals surface area contributed by atoms with Crippen molar-refractivity contribution in [2.75, 3.05) is 5.32 Å². The fourth-order valence-corrected chi connectivity index (χ4v) is 1.64. The van der Waals surface area contributed by atoms with Gasteiger partial charge in [-0.1, -0.05) is 18.2 Å². The van der Waals surface area contributed by atoms with Crippen molar-refractivity contribution in [3.63, 3.8) is 0 Å². The van der Waals surface area contributed by atoms with Crippen LogP contribution in [0.15, 0.2) is 24.3 Å². The second-order valence-electron chi connectivity index (χ2n) is 3.11. The molecular weight excluding hydrogens is 146 g/mol. The third kappa shape index (κ3) is 1.16. The summed E-state index contributed by atoms with van der Waals surface area (Å²) in [5.41, 5.74) is 2.63. The second-order valence-corrected chi connectivity index (χ2v) is 3.11. The molecule has 12 heavy (non-hydrogen) atoms. The molecule has 1 aromatic carbocycles. The van der Waals surface area contributed by atoms with Gasteiger partial charge in [0.05, 0.1) is 0 Å². The van der Waals surface area contributed by atoms with Crippen LogP contribution in [-0.4, -0.2) is 6.04 Å². The average Bonchev–Trinajstić information content (AvgIpc) is 2.47. The summed E-state index contributed by atoms with van der Waals surface area (Å²) in [5, 5.41) is 3.39. The molecule has 1 heteroatoms. The van der Waals surface area contributed by atoms with Crippen molar-refractivity contribution in [2.45, 2.75) is 18.9 Å². The van der Waals surface area contributed by atoms with Gasteiger partial charge in [0.25, 0.3) is 0 Å². The van der Waals surface area contributed by atoms with Gasteiger partial charge in [0.1, 0.15) is 0 Å². The number of anilines is 1. The zero-order valence-electron chi connectivity index (χ0n) is 6.88. The van der Waals surface area contributed by atoms with Crippen LogP contribution in [0, 0.1) is 12.3 Å². The minimum atomic E-state index is 0.451. The molecule has 1 aliphatic rings. The third-order valence-electron chi connectivity index (χ3n) is 2.21. The summed E-state index contributed by atoms with van der Waals surface area (Å²) in [6, 6.07) is 8.82. The van der Waals surface area contributed by atoms with Gasteiger partial charge in [0, 0.05) is 18.2 Å². The largest absolute Gasteiger partial charge is 0.381 e. The molecule has 1 atom stereocenters. The monoisotopic (exact) mass is 157 g/mol. The maximum Gasteiger partial charge on any atom is 0.0411 e. The van der Waals surface area contributed by atoms with E-state index in [-0.39, 0.29) is 0 Å². The van der Waals surface area contributed by atoms with Crippen LogP contribution in [0.5, 0.6) is 0 Å². The van der Waals surface area contributed by atoms with Gasteiger partial charge in [-0.2, -0.15) is 0 Å². The summed E-state index contributed by atoms with van der Waals surface area (Å²) in [6.07, 6.45) is 7.14. The van der Waals surface area contributed by atoms with Gasteiger partial charge >= 0.3 is 0 Å². The molecule has 0 aromatic heterocycles. The highest BCUT2D eigenvalue weighted by Crippen LogP contribution is 2.25. The number of nitrogens with one attached hydrogen (secondary N) is 1. The van der Waals surface area contributed by atoms with E-state index in [2.05, 4.69) is 29.4 Å². The summed E-state index contributed by atoms with van der Waals surface area (Å²) in [5.74, 6) is 2.68. The molecule has 0 saturated heterocycles. The molecule has 2 rings (SSSR count). The molecule has 60 valence electrons. The van der Waals surface area contributed by atoms with Crippen LogP contribution in [0.2, 0.25) is 0 Å². The van der Waals surface area contributed by atoms with Gasteiger partial charge < -0.3 is 5.32 Å². The van der Waals surface area contributed by atoms with E-state index < -0.39 is 0 Å². The topological polar surface area (TPSA) is 12.0 Å². The van der Waals surface area contributed by atoms with Crippen molar-refractivity contribution >= 4 is 5.69 Å². The summed E-state index contributed by atoms with van der Waals surface area (Å²) < 4.78 is 0. The predicted octanol–water partition coefficient (Wildman–Crippen LogP) is 2.05. The minimum absolute atomic E-state index is 0.451. The summed E-state index contributed by atoms with van der Waals surface area (Å²) in [7, 11) is 0. The lowest BCUT2D eigenvalue weighted by Gasteiger charge is -2.05. The van der Waals surface area contributed by atoms with Crippen LogP contribution in [0.4, 0.5) is 5.69 Å². The molecule has 0 saturated carbocycles. The van der Waals surface area contributed by atoms with E-state index in [0.29, 0.717) is 6.04 Å². The molecule has 1 aliphatic heterocycles. The molecule has 0 bridgehead atoms. The minimum Gasteiger partial charge on any atom is -0.381 e.